The Bertz CT molecular complexity index is 488. The van der Waals surface area contributed by atoms with Gasteiger partial charge in [-0.2, -0.15) is 0 Å². The molecule has 0 aliphatic rings. The fourth-order valence-electron chi connectivity index (χ4n) is 1.96. The maximum atomic E-state index is 12.3. The van der Waals surface area contributed by atoms with Crippen molar-refractivity contribution in [3.63, 3.8) is 0 Å². The maximum absolute atomic E-state index is 12.3. The number of nitrogens with one attached hydrogen (secondary N) is 1. The van der Waals surface area contributed by atoms with Gasteiger partial charge in [-0.3, -0.25) is 4.98 Å². The number of hydrogen-bond acceptors (Lipinski definition) is 4. The Labute approximate surface area is 115 Å². The zero-order valence-electron chi connectivity index (χ0n) is 11.6. The molecule has 0 saturated heterocycles. The van der Waals surface area contributed by atoms with Gasteiger partial charge in [0.15, 0.2) is 0 Å². The zero-order chi connectivity index (χ0) is 14.3. The summed E-state index contributed by atoms with van der Waals surface area (Å²) in [6.45, 7) is 4.14. The number of nitrogen functional groups attached to an aromatic ring is 1. The lowest BCUT2D eigenvalue weighted by molar-refractivity contribution is 0.483. The van der Waals surface area contributed by atoms with E-state index in [1.165, 1.54) is 18.5 Å². The van der Waals surface area contributed by atoms with Crippen molar-refractivity contribution < 1.29 is 8.42 Å². The van der Waals surface area contributed by atoms with Crippen molar-refractivity contribution in [1.82, 2.24) is 9.71 Å². The van der Waals surface area contributed by atoms with E-state index in [1.807, 2.05) is 6.92 Å². The molecule has 0 saturated carbocycles. The van der Waals surface area contributed by atoms with Crippen LogP contribution in [-0.2, 0) is 10.0 Å². The third-order valence-corrected chi connectivity index (χ3v) is 4.53. The van der Waals surface area contributed by atoms with Crippen LogP contribution in [0.5, 0.6) is 0 Å². The largest absolute Gasteiger partial charge is 0.398 e. The Morgan fingerprint density at radius 3 is 2.63 bits per heavy atom. The number of sulfonamides is 1. The number of aromatic nitrogens is 1. The molecule has 1 unspecified atom stereocenters. The maximum Gasteiger partial charge on any atom is 0.244 e. The second-order valence-electron chi connectivity index (χ2n) is 4.66. The van der Waals surface area contributed by atoms with Gasteiger partial charge in [-0.25, -0.2) is 13.1 Å². The first-order chi connectivity index (χ1) is 9.01. The third kappa shape index (κ3) is 4.80. The lowest BCUT2D eigenvalue weighted by atomic mass is 10.1. The highest BCUT2D eigenvalue weighted by molar-refractivity contribution is 7.89. The molecule has 0 radical (unpaired) electrons. The van der Waals surface area contributed by atoms with Crippen molar-refractivity contribution in [3.05, 3.63) is 18.5 Å². The van der Waals surface area contributed by atoms with E-state index >= 15 is 0 Å². The van der Waals surface area contributed by atoms with E-state index in [4.69, 9.17) is 5.73 Å². The Hall–Kier alpha value is -1.14. The predicted molar refractivity (Wildman–Crippen MR) is 77.2 cm³/mol. The standard InChI is InChI=1S/C13H23N3O2S/c1-3-5-7-11(6-4-2)16-19(17,18)13-10-15-9-8-12(13)14/h8-11,16H,3-7H2,1-2H3,(H2,14,15). The molecule has 1 heterocycles. The van der Waals surface area contributed by atoms with Crippen molar-refractivity contribution >= 4 is 15.7 Å². The van der Waals surface area contributed by atoms with Crippen molar-refractivity contribution in [2.24, 2.45) is 0 Å². The summed E-state index contributed by atoms with van der Waals surface area (Å²) >= 11 is 0. The van der Waals surface area contributed by atoms with Crippen molar-refractivity contribution in [2.75, 3.05) is 5.73 Å². The minimum absolute atomic E-state index is 0.0328. The van der Waals surface area contributed by atoms with Crippen LogP contribution in [0.25, 0.3) is 0 Å². The first-order valence-electron chi connectivity index (χ1n) is 6.73. The number of pyridine rings is 1. The van der Waals surface area contributed by atoms with Gasteiger partial charge < -0.3 is 5.73 Å². The van der Waals surface area contributed by atoms with E-state index in [9.17, 15) is 8.42 Å². The van der Waals surface area contributed by atoms with Crippen LogP contribution in [0.1, 0.15) is 46.0 Å². The average Bonchev–Trinajstić information content (AvgIpc) is 2.36. The van der Waals surface area contributed by atoms with Crippen LogP contribution in [0.2, 0.25) is 0 Å². The predicted octanol–water partition coefficient (Wildman–Crippen LogP) is 2.30. The summed E-state index contributed by atoms with van der Waals surface area (Å²) in [5.41, 5.74) is 5.93. The van der Waals surface area contributed by atoms with E-state index in [2.05, 4.69) is 16.6 Å². The lowest BCUT2D eigenvalue weighted by Gasteiger charge is -2.18. The third-order valence-electron chi connectivity index (χ3n) is 2.97. The molecular weight excluding hydrogens is 262 g/mol. The molecule has 3 N–H and O–H groups in total. The highest BCUT2D eigenvalue weighted by atomic mass is 32.2. The molecule has 0 fully saturated rings. The van der Waals surface area contributed by atoms with Crippen LogP contribution in [0.4, 0.5) is 5.69 Å². The molecule has 0 aliphatic heterocycles. The molecule has 108 valence electrons. The molecule has 0 aliphatic carbocycles. The number of nitrogens with two attached hydrogens (primary N) is 1. The van der Waals surface area contributed by atoms with Gasteiger partial charge in [0.2, 0.25) is 10.0 Å². The summed E-state index contributed by atoms with van der Waals surface area (Å²) in [6.07, 6.45) is 7.46. The SMILES string of the molecule is CCCCC(CCC)NS(=O)(=O)c1cnccc1N. The molecule has 6 heteroatoms. The molecule has 1 rings (SSSR count). The lowest BCUT2D eigenvalue weighted by Crippen LogP contribution is -2.35. The quantitative estimate of drug-likeness (QED) is 0.767. The highest BCUT2D eigenvalue weighted by Crippen LogP contribution is 2.18. The van der Waals surface area contributed by atoms with Crippen molar-refractivity contribution in [1.29, 1.82) is 0 Å². The fourth-order valence-corrected chi connectivity index (χ4v) is 3.34. The Kier molecular flexibility index (Phi) is 6.24. The Morgan fingerprint density at radius 1 is 1.32 bits per heavy atom. The van der Waals surface area contributed by atoms with Gasteiger partial charge in [-0.15, -0.1) is 0 Å². The van der Waals surface area contributed by atoms with Crippen molar-refractivity contribution in [3.8, 4) is 0 Å². The smallest absolute Gasteiger partial charge is 0.244 e. The Morgan fingerprint density at radius 2 is 2.05 bits per heavy atom. The summed E-state index contributed by atoms with van der Waals surface area (Å²) in [5, 5.41) is 0. The van der Waals surface area contributed by atoms with Gasteiger partial charge >= 0.3 is 0 Å². The minimum Gasteiger partial charge on any atom is -0.398 e. The monoisotopic (exact) mass is 285 g/mol. The van der Waals surface area contributed by atoms with Gasteiger partial charge in [0, 0.05) is 18.4 Å². The number of nitrogens with zero attached hydrogens (tertiary/aromatic N) is 1. The van der Waals surface area contributed by atoms with E-state index in [0.29, 0.717) is 0 Å². The second-order valence-corrected chi connectivity index (χ2v) is 6.35. The van der Waals surface area contributed by atoms with Crippen LogP contribution < -0.4 is 10.5 Å². The topological polar surface area (TPSA) is 85.1 Å². The number of hydrogen-bond donors (Lipinski definition) is 2. The number of anilines is 1. The van der Waals surface area contributed by atoms with Crippen LogP contribution in [0.3, 0.4) is 0 Å². The molecule has 1 aromatic rings. The second kappa shape index (κ2) is 7.45. The molecule has 0 aromatic carbocycles. The molecule has 5 nitrogen and oxygen atoms in total. The highest BCUT2D eigenvalue weighted by Gasteiger charge is 2.21. The fraction of sp³-hybridized carbons (Fsp3) is 0.615. The van der Waals surface area contributed by atoms with Gasteiger partial charge in [-0.05, 0) is 18.9 Å². The molecular formula is C13H23N3O2S. The number of rotatable bonds is 8. The first kappa shape index (κ1) is 15.9. The Balaban J connectivity index is 2.85. The summed E-state index contributed by atoms with van der Waals surface area (Å²) in [5.74, 6) is 0. The van der Waals surface area contributed by atoms with Crippen LogP contribution in [0, 0.1) is 0 Å². The van der Waals surface area contributed by atoms with E-state index < -0.39 is 10.0 Å². The van der Waals surface area contributed by atoms with Crippen LogP contribution in [-0.4, -0.2) is 19.4 Å². The minimum atomic E-state index is -3.58. The van der Waals surface area contributed by atoms with Crippen molar-refractivity contribution in [2.45, 2.75) is 56.9 Å². The molecule has 19 heavy (non-hydrogen) atoms. The molecule has 1 atom stereocenters. The molecule has 0 spiro atoms. The van der Waals surface area contributed by atoms with E-state index in [-0.39, 0.29) is 16.6 Å². The van der Waals surface area contributed by atoms with Gasteiger partial charge in [0.1, 0.15) is 4.90 Å². The summed E-state index contributed by atoms with van der Waals surface area (Å²) < 4.78 is 27.3. The summed E-state index contributed by atoms with van der Waals surface area (Å²) in [6, 6.07) is 1.46. The first-order valence-corrected chi connectivity index (χ1v) is 8.21. The van der Waals surface area contributed by atoms with E-state index in [1.54, 1.807) is 0 Å². The molecule has 1 aromatic heterocycles. The van der Waals surface area contributed by atoms with Gasteiger partial charge in [-0.1, -0.05) is 33.1 Å². The summed E-state index contributed by atoms with van der Waals surface area (Å²) in [4.78, 5) is 3.89. The molecule has 0 bridgehead atoms. The van der Waals surface area contributed by atoms with Gasteiger partial charge in [0.05, 0.1) is 5.69 Å². The zero-order valence-corrected chi connectivity index (χ0v) is 12.4. The van der Waals surface area contributed by atoms with E-state index in [0.717, 1.165) is 32.1 Å². The number of unbranched alkanes of at least 4 members (excludes halogenated alkanes) is 1. The average molecular weight is 285 g/mol. The van der Waals surface area contributed by atoms with Crippen LogP contribution in [0.15, 0.2) is 23.4 Å². The van der Waals surface area contributed by atoms with Gasteiger partial charge in [0.25, 0.3) is 0 Å². The van der Waals surface area contributed by atoms with Crippen LogP contribution >= 0.6 is 0 Å². The summed E-state index contributed by atoms with van der Waals surface area (Å²) in [7, 11) is -3.58. The molecule has 0 amide bonds. The normalized spacial score (nSPS) is 13.4.